The first kappa shape index (κ1) is 21.5. The van der Waals surface area contributed by atoms with Crippen molar-refractivity contribution in [1.82, 2.24) is 0 Å². The van der Waals surface area contributed by atoms with E-state index in [1.807, 2.05) is 0 Å². The first-order valence-electron chi connectivity index (χ1n) is 8.06. The molecule has 0 fully saturated rings. The largest absolute Gasteiger partial charge is 0.495 e. The predicted octanol–water partition coefficient (Wildman–Crippen LogP) is 2.98. The molecule has 0 aliphatic rings. The number of nitrogens with zero attached hydrogens (tertiary/aromatic N) is 1. The SMILES string of the molecule is COc1ccc(Cl)cc1N(C(C)C(=O)O)S(=O)(=O)c1ccc(NC(C)=O)cc1. The van der Waals surface area contributed by atoms with E-state index in [4.69, 9.17) is 16.3 Å². The molecule has 2 aromatic carbocycles. The number of rotatable bonds is 7. The molecule has 2 aromatic rings. The van der Waals surface area contributed by atoms with Crippen molar-refractivity contribution in [2.24, 2.45) is 0 Å². The summed E-state index contributed by atoms with van der Waals surface area (Å²) < 4.78 is 32.5. The molecule has 150 valence electrons. The first-order chi connectivity index (χ1) is 13.1. The van der Waals surface area contributed by atoms with Gasteiger partial charge >= 0.3 is 5.97 Å². The number of hydrogen-bond acceptors (Lipinski definition) is 5. The van der Waals surface area contributed by atoms with E-state index in [-0.39, 0.29) is 27.3 Å². The topological polar surface area (TPSA) is 113 Å². The fraction of sp³-hybridized carbons (Fsp3) is 0.222. The number of sulfonamides is 1. The van der Waals surface area contributed by atoms with Crippen LogP contribution in [-0.2, 0) is 19.6 Å². The van der Waals surface area contributed by atoms with Gasteiger partial charge < -0.3 is 15.2 Å². The first-order valence-corrected chi connectivity index (χ1v) is 9.88. The van der Waals surface area contributed by atoms with Crippen molar-refractivity contribution in [1.29, 1.82) is 0 Å². The van der Waals surface area contributed by atoms with Gasteiger partial charge in [0.05, 0.1) is 17.7 Å². The van der Waals surface area contributed by atoms with Crippen molar-refractivity contribution in [2.45, 2.75) is 24.8 Å². The molecule has 0 bridgehead atoms. The molecular weight excluding hydrogens is 408 g/mol. The molecule has 0 saturated carbocycles. The minimum atomic E-state index is -4.29. The summed E-state index contributed by atoms with van der Waals surface area (Å²) in [6.07, 6.45) is 0. The van der Waals surface area contributed by atoms with E-state index in [1.165, 1.54) is 63.4 Å². The maximum atomic E-state index is 13.3. The second kappa shape index (κ2) is 8.49. The van der Waals surface area contributed by atoms with Gasteiger partial charge in [0.15, 0.2) is 0 Å². The Balaban J connectivity index is 2.62. The van der Waals surface area contributed by atoms with Crippen LogP contribution in [0.1, 0.15) is 13.8 Å². The van der Waals surface area contributed by atoms with Crippen molar-refractivity contribution >= 4 is 44.9 Å². The summed E-state index contributed by atoms with van der Waals surface area (Å²) in [6.45, 7) is 2.57. The highest BCUT2D eigenvalue weighted by molar-refractivity contribution is 7.93. The second-order valence-electron chi connectivity index (χ2n) is 5.84. The number of methoxy groups -OCH3 is 1. The number of anilines is 2. The van der Waals surface area contributed by atoms with Crippen LogP contribution in [0.15, 0.2) is 47.4 Å². The predicted molar refractivity (Wildman–Crippen MR) is 106 cm³/mol. The summed E-state index contributed by atoms with van der Waals surface area (Å²) in [4.78, 5) is 22.6. The zero-order chi connectivity index (χ0) is 21.1. The van der Waals surface area contributed by atoms with Gasteiger partial charge in [-0.3, -0.25) is 4.79 Å². The van der Waals surface area contributed by atoms with E-state index in [9.17, 15) is 23.1 Å². The molecule has 0 radical (unpaired) electrons. The zero-order valence-corrected chi connectivity index (χ0v) is 16.9. The summed E-state index contributed by atoms with van der Waals surface area (Å²) in [5, 5.41) is 12.2. The molecule has 0 saturated heterocycles. The van der Waals surface area contributed by atoms with Crippen LogP contribution >= 0.6 is 11.6 Å². The van der Waals surface area contributed by atoms with Crippen LogP contribution < -0.4 is 14.4 Å². The van der Waals surface area contributed by atoms with Gasteiger partial charge in [0.25, 0.3) is 10.0 Å². The molecule has 28 heavy (non-hydrogen) atoms. The Bertz CT molecular complexity index is 992. The van der Waals surface area contributed by atoms with Crippen molar-refractivity contribution in [3.05, 3.63) is 47.5 Å². The Hall–Kier alpha value is -2.78. The van der Waals surface area contributed by atoms with E-state index in [0.29, 0.717) is 5.69 Å². The lowest BCUT2D eigenvalue weighted by Gasteiger charge is -2.29. The van der Waals surface area contributed by atoms with E-state index in [1.54, 1.807) is 0 Å². The zero-order valence-electron chi connectivity index (χ0n) is 15.3. The number of halogens is 1. The van der Waals surface area contributed by atoms with Crippen LogP contribution in [0.4, 0.5) is 11.4 Å². The number of hydrogen-bond donors (Lipinski definition) is 2. The number of amides is 1. The Kier molecular flexibility index (Phi) is 6.52. The number of carboxylic acid groups (broad SMARTS) is 1. The maximum absolute atomic E-state index is 13.3. The van der Waals surface area contributed by atoms with Gasteiger partial charge in [0.1, 0.15) is 11.8 Å². The van der Waals surface area contributed by atoms with Gasteiger partial charge in [-0.2, -0.15) is 0 Å². The number of aliphatic carboxylic acids is 1. The molecule has 1 amide bonds. The van der Waals surface area contributed by atoms with Gasteiger partial charge in [0.2, 0.25) is 5.91 Å². The highest BCUT2D eigenvalue weighted by Gasteiger charge is 2.35. The summed E-state index contributed by atoms with van der Waals surface area (Å²) in [6, 6.07) is 8.21. The minimum absolute atomic E-state index is 0.00385. The van der Waals surface area contributed by atoms with Crippen LogP contribution in [0.3, 0.4) is 0 Å². The standard InChI is InChI=1S/C18H19ClN2O6S/c1-11(18(23)24)21(16-10-13(19)4-9-17(16)27-3)28(25,26)15-7-5-14(6-8-15)20-12(2)22/h4-11H,1-3H3,(H,20,22)(H,23,24). The third kappa shape index (κ3) is 4.55. The summed E-state index contributed by atoms with van der Waals surface area (Å²) in [5.74, 6) is -1.50. The fourth-order valence-corrected chi connectivity index (χ4v) is 4.29. The Morgan fingerprint density at radius 2 is 1.79 bits per heavy atom. The normalized spacial score (nSPS) is 12.1. The number of benzene rings is 2. The fourth-order valence-electron chi connectivity index (χ4n) is 2.51. The highest BCUT2D eigenvalue weighted by atomic mass is 35.5. The molecule has 8 nitrogen and oxygen atoms in total. The molecule has 0 aliphatic heterocycles. The smallest absolute Gasteiger partial charge is 0.327 e. The quantitative estimate of drug-likeness (QED) is 0.703. The van der Waals surface area contributed by atoms with Gasteiger partial charge in [-0.15, -0.1) is 0 Å². The number of carbonyl (C=O) groups excluding carboxylic acids is 1. The number of ether oxygens (including phenoxy) is 1. The number of carbonyl (C=O) groups is 2. The molecule has 1 unspecified atom stereocenters. The molecule has 2 N–H and O–H groups in total. The molecule has 10 heteroatoms. The molecule has 0 heterocycles. The van der Waals surface area contributed by atoms with Crippen LogP contribution in [0, 0.1) is 0 Å². The average molecular weight is 427 g/mol. The third-order valence-electron chi connectivity index (χ3n) is 3.82. The van der Waals surface area contributed by atoms with Crippen LogP contribution in [-0.4, -0.2) is 38.6 Å². The van der Waals surface area contributed by atoms with Crippen LogP contribution in [0.2, 0.25) is 5.02 Å². The lowest BCUT2D eigenvalue weighted by Crippen LogP contribution is -2.43. The molecule has 2 rings (SSSR count). The Labute approximate surface area is 167 Å². The van der Waals surface area contributed by atoms with Gasteiger partial charge in [-0.1, -0.05) is 11.6 Å². The van der Waals surface area contributed by atoms with E-state index in [0.717, 1.165) is 4.31 Å². The second-order valence-corrected chi connectivity index (χ2v) is 8.09. The monoisotopic (exact) mass is 426 g/mol. The van der Waals surface area contributed by atoms with Crippen molar-refractivity contribution < 1.29 is 27.9 Å². The van der Waals surface area contributed by atoms with Gasteiger partial charge in [0, 0.05) is 17.6 Å². The summed E-state index contributed by atoms with van der Waals surface area (Å²) in [7, 11) is -2.95. The molecule has 1 atom stereocenters. The average Bonchev–Trinajstić information content (AvgIpc) is 2.61. The molecular formula is C18H19ClN2O6S. The highest BCUT2D eigenvalue weighted by Crippen LogP contribution is 2.36. The molecule has 0 aromatic heterocycles. The van der Waals surface area contributed by atoms with Gasteiger partial charge in [-0.25, -0.2) is 17.5 Å². The maximum Gasteiger partial charge on any atom is 0.327 e. The van der Waals surface area contributed by atoms with Crippen LogP contribution in [0.5, 0.6) is 5.75 Å². The van der Waals surface area contributed by atoms with Crippen molar-refractivity contribution in [3.63, 3.8) is 0 Å². The van der Waals surface area contributed by atoms with Crippen molar-refractivity contribution in [3.8, 4) is 5.75 Å². The van der Waals surface area contributed by atoms with E-state index in [2.05, 4.69) is 5.32 Å². The Morgan fingerprint density at radius 3 is 2.29 bits per heavy atom. The van der Waals surface area contributed by atoms with Crippen molar-refractivity contribution in [2.75, 3.05) is 16.7 Å². The number of carboxylic acids is 1. The molecule has 0 aliphatic carbocycles. The van der Waals surface area contributed by atoms with E-state index >= 15 is 0 Å². The Morgan fingerprint density at radius 1 is 1.18 bits per heavy atom. The third-order valence-corrected chi connectivity index (χ3v) is 5.95. The van der Waals surface area contributed by atoms with E-state index < -0.39 is 22.0 Å². The summed E-state index contributed by atoms with van der Waals surface area (Å²) in [5.41, 5.74) is 0.403. The number of nitrogens with one attached hydrogen (secondary N) is 1. The van der Waals surface area contributed by atoms with Gasteiger partial charge in [-0.05, 0) is 49.4 Å². The lowest BCUT2D eigenvalue weighted by atomic mass is 10.2. The molecule has 0 spiro atoms. The lowest BCUT2D eigenvalue weighted by molar-refractivity contribution is -0.137. The minimum Gasteiger partial charge on any atom is -0.495 e. The van der Waals surface area contributed by atoms with Crippen LogP contribution in [0.25, 0.3) is 0 Å². The summed E-state index contributed by atoms with van der Waals surface area (Å²) >= 11 is 6.00.